The zero-order valence-electron chi connectivity index (χ0n) is 10.1. The van der Waals surface area contributed by atoms with E-state index in [1.807, 2.05) is 46.8 Å². The second-order valence-electron chi connectivity index (χ2n) is 5.08. The third kappa shape index (κ3) is 3.74. The third-order valence-corrected chi connectivity index (χ3v) is 1.97. The minimum atomic E-state index is -0.186. The lowest BCUT2D eigenvalue weighted by molar-refractivity contribution is 0.0919. The molecule has 0 unspecified atom stereocenters. The molecule has 0 saturated carbocycles. The predicted molar refractivity (Wildman–Crippen MR) is 63.1 cm³/mol. The van der Waals surface area contributed by atoms with Crippen LogP contribution < -0.4 is 5.32 Å². The Kier molecular flexibility index (Phi) is 3.18. The average Bonchev–Trinajstić information content (AvgIpc) is 1.98. The summed E-state index contributed by atoms with van der Waals surface area (Å²) in [6.45, 7) is 9.94. The SMILES string of the molecule is Cc1cc(C)cc(C(=O)NC(C)(C)C)c1. The maximum absolute atomic E-state index is 11.9. The number of nitrogens with one attached hydrogen (secondary N) is 1. The normalized spacial score (nSPS) is 11.3. The number of hydrogen-bond acceptors (Lipinski definition) is 1. The zero-order chi connectivity index (χ0) is 11.6. The van der Waals surface area contributed by atoms with E-state index in [0.717, 1.165) is 16.7 Å². The van der Waals surface area contributed by atoms with Crippen LogP contribution in [0.25, 0.3) is 0 Å². The monoisotopic (exact) mass is 205 g/mol. The average molecular weight is 205 g/mol. The Morgan fingerprint density at radius 3 is 1.93 bits per heavy atom. The largest absolute Gasteiger partial charge is 0.347 e. The van der Waals surface area contributed by atoms with Crippen LogP contribution >= 0.6 is 0 Å². The maximum Gasteiger partial charge on any atom is 0.251 e. The predicted octanol–water partition coefficient (Wildman–Crippen LogP) is 2.83. The first-order valence-corrected chi connectivity index (χ1v) is 5.19. The lowest BCUT2D eigenvalue weighted by Gasteiger charge is -2.20. The van der Waals surface area contributed by atoms with E-state index in [-0.39, 0.29) is 11.4 Å². The molecule has 2 nitrogen and oxygen atoms in total. The van der Waals surface area contributed by atoms with Gasteiger partial charge in [0.1, 0.15) is 0 Å². The third-order valence-electron chi connectivity index (χ3n) is 1.97. The van der Waals surface area contributed by atoms with Crippen molar-refractivity contribution >= 4 is 5.91 Å². The molecule has 82 valence electrons. The molecule has 0 aromatic heterocycles. The molecule has 1 aromatic rings. The molecule has 1 rings (SSSR count). The van der Waals surface area contributed by atoms with Crippen LogP contribution in [-0.4, -0.2) is 11.4 Å². The van der Waals surface area contributed by atoms with E-state index >= 15 is 0 Å². The maximum atomic E-state index is 11.9. The molecule has 0 aliphatic heterocycles. The first-order chi connectivity index (χ1) is 6.78. The van der Waals surface area contributed by atoms with E-state index in [4.69, 9.17) is 0 Å². The summed E-state index contributed by atoms with van der Waals surface area (Å²) in [6.07, 6.45) is 0. The molecule has 0 saturated heterocycles. The lowest BCUT2D eigenvalue weighted by atomic mass is 10.0. The fourth-order valence-corrected chi connectivity index (χ4v) is 1.52. The number of rotatable bonds is 1. The van der Waals surface area contributed by atoms with Crippen LogP contribution in [0.1, 0.15) is 42.3 Å². The van der Waals surface area contributed by atoms with Gasteiger partial charge in [-0.05, 0) is 46.8 Å². The minimum Gasteiger partial charge on any atom is -0.347 e. The van der Waals surface area contributed by atoms with Crippen molar-refractivity contribution in [1.29, 1.82) is 0 Å². The Morgan fingerprint density at radius 2 is 1.53 bits per heavy atom. The number of hydrogen-bond donors (Lipinski definition) is 1. The number of carbonyl (C=O) groups is 1. The number of amides is 1. The van der Waals surface area contributed by atoms with Gasteiger partial charge in [-0.1, -0.05) is 17.2 Å². The Balaban J connectivity index is 2.92. The van der Waals surface area contributed by atoms with E-state index in [0.29, 0.717) is 0 Å². The molecular formula is C13H19NO. The standard InChI is InChI=1S/C13H19NO/c1-9-6-10(2)8-11(7-9)12(15)14-13(3,4)5/h6-8H,1-5H3,(H,14,15). The molecule has 0 bridgehead atoms. The quantitative estimate of drug-likeness (QED) is 0.750. The van der Waals surface area contributed by atoms with Gasteiger partial charge >= 0.3 is 0 Å². The Bertz CT molecular complexity index is 354. The minimum absolute atomic E-state index is 0.00528. The number of aryl methyl sites for hydroxylation is 2. The van der Waals surface area contributed by atoms with Gasteiger partial charge in [-0.2, -0.15) is 0 Å². The van der Waals surface area contributed by atoms with Crippen molar-refractivity contribution in [3.8, 4) is 0 Å². The van der Waals surface area contributed by atoms with Crippen molar-refractivity contribution in [3.05, 3.63) is 34.9 Å². The van der Waals surface area contributed by atoms with Crippen molar-refractivity contribution in [2.75, 3.05) is 0 Å². The fraction of sp³-hybridized carbons (Fsp3) is 0.462. The second-order valence-corrected chi connectivity index (χ2v) is 5.08. The summed E-state index contributed by atoms with van der Waals surface area (Å²) >= 11 is 0. The smallest absolute Gasteiger partial charge is 0.251 e. The molecule has 2 heteroatoms. The van der Waals surface area contributed by atoms with Crippen LogP contribution in [0.2, 0.25) is 0 Å². The molecule has 0 heterocycles. The van der Waals surface area contributed by atoms with Crippen molar-refractivity contribution in [1.82, 2.24) is 5.32 Å². The summed E-state index contributed by atoms with van der Waals surface area (Å²) in [6, 6.07) is 5.88. The Morgan fingerprint density at radius 1 is 1.07 bits per heavy atom. The van der Waals surface area contributed by atoms with Crippen LogP contribution in [0, 0.1) is 13.8 Å². The molecule has 1 amide bonds. The van der Waals surface area contributed by atoms with Gasteiger partial charge < -0.3 is 5.32 Å². The summed E-state index contributed by atoms with van der Waals surface area (Å²) in [5, 5.41) is 2.95. The van der Waals surface area contributed by atoms with Crippen LogP contribution in [0.3, 0.4) is 0 Å². The molecular weight excluding hydrogens is 186 g/mol. The number of carbonyl (C=O) groups excluding carboxylic acids is 1. The zero-order valence-corrected chi connectivity index (χ0v) is 10.1. The van der Waals surface area contributed by atoms with Gasteiger partial charge in [0.2, 0.25) is 0 Å². The summed E-state index contributed by atoms with van der Waals surface area (Å²) in [5.41, 5.74) is 2.79. The van der Waals surface area contributed by atoms with Crippen LogP contribution in [0.4, 0.5) is 0 Å². The molecule has 1 N–H and O–H groups in total. The highest BCUT2D eigenvalue weighted by Gasteiger charge is 2.15. The van der Waals surface area contributed by atoms with E-state index in [1.165, 1.54) is 0 Å². The highest BCUT2D eigenvalue weighted by molar-refractivity contribution is 5.95. The lowest BCUT2D eigenvalue weighted by Crippen LogP contribution is -2.40. The summed E-state index contributed by atoms with van der Waals surface area (Å²) in [5.74, 6) is -0.00528. The van der Waals surface area contributed by atoms with Gasteiger partial charge in [-0.15, -0.1) is 0 Å². The molecule has 0 fully saturated rings. The van der Waals surface area contributed by atoms with Gasteiger partial charge in [-0.25, -0.2) is 0 Å². The van der Waals surface area contributed by atoms with E-state index in [9.17, 15) is 4.79 Å². The molecule has 1 aromatic carbocycles. The molecule has 0 atom stereocenters. The van der Waals surface area contributed by atoms with Crippen molar-refractivity contribution < 1.29 is 4.79 Å². The second kappa shape index (κ2) is 4.05. The Hall–Kier alpha value is -1.31. The van der Waals surface area contributed by atoms with Gasteiger partial charge in [0.25, 0.3) is 5.91 Å². The van der Waals surface area contributed by atoms with Crippen molar-refractivity contribution in [2.24, 2.45) is 0 Å². The summed E-state index contributed by atoms with van der Waals surface area (Å²) < 4.78 is 0. The van der Waals surface area contributed by atoms with E-state index < -0.39 is 0 Å². The fourth-order valence-electron chi connectivity index (χ4n) is 1.52. The highest BCUT2D eigenvalue weighted by atomic mass is 16.1. The first kappa shape index (κ1) is 11.8. The summed E-state index contributed by atoms with van der Waals surface area (Å²) in [4.78, 5) is 11.9. The molecule has 0 spiro atoms. The molecule has 0 radical (unpaired) electrons. The molecule has 15 heavy (non-hydrogen) atoms. The van der Waals surface area contributed by atoms with Gasteiger partial charge in [0.05, 0.1) is 0 Å². The highest BCUT2D eigenvalue weighted by Crippen LogP contribution is 2.10. The summed E-state index contributed by atoms with van der Waals surface area (Å²) in [7, 11) is 0. The first-order valence-electron chi connectivity index (χ1n) is 5.19. The van der Waals surface area contributed by atoms with Crippen LogP contribution in [-0.2, 0) is 0 Å². The van der Waals surface area contributed by atoms with E-state index in [1.54, 1.807) is 0 Å². The topological polar surface area (TPSA) is 29.1 Å². The van der Waals surface area contributed by atoms with E-state index in [2.05, 4.69) is 11.4 Å². The van der Waals surface area contributed by atoms with Crippen molar-refractivity contribution in [3.63, 3.8) is 0 Å². The van der Waals surface area contributed by atoms with Gasteiger partial charge in [0, 0.05) is 11.1 Å². The van der Waals surface area contributed by atoms with Crippen LogP contribution in [0.15, 0.2) is 18.2 Å². The van der Waals surface area contributed by atoms with Gasteiger partial charge in [0.15, 0.2) is 0 Å². The van der Waals surface area contributed by atoms with Gasteiger partial charge in [-0.3, -0.25) is 4.79 Å². The van der Waals surface area contributed by atoms with Crippen LogP contribution in [0.5, 0.6) is 0 Å². The Labute approximate surface area is 91.7 Å². The molecule has 0 aliphatic carbocycles. The molecule has 0 aliphatic rings. The van der Waals surface area contributed by atoms with Crippen molar-refractivity contribution in [2.45, 2.75) is 40.2 Å². The number of benzene rings is 1.